The lowest BCUT2D eigenvalue weighted by atomic mass is 10.1. The number of nitrogens with zero attached hydrogens (tertiary/aromatic N) is 1. The first-order valence-corrected chi connectivity index (χ1v) is 6.08. The van der Waals surface area contributed by atoms with E-state index in [1.54, 1.807) is 6.07 Å². The molecule has 0 spiro atoms. The van der Waals surface area contributed by atoms with Crippen LogP contribution < -0.4 is 10.9 Å². The van der Waals surface area contributed by atoms with Crippen molar-refractivity contribution in [3.8, 4) is 0 Å². The molecule has 0 saturated heterocycles. The molecule has 0 aliphatic heterocycles. The average Bonchev–Trinajstić information content (AvgIpc) is 2.97. The lowest BCUT2D eigenvalue weighted by Crippen LogP contribution is -2.42. The van der Waals surface area contributed by atoms with Crippen LogP contribution in [-0.4, -0.2) is 21.8 Å². The first kappa shape index (κ1) is 15.5. The zero-order valence-corrected chi connectivity index (χ0v) is 11.3. The van der Waals surface area contributed by atoms with Gasteiger partial charge >= 0.3 is 6.18 Å². The number of hydrogen-bond donors (Lipinski definition) is 3. The Hall–Kier alpha value is -2.84. The van der Waals surface area contributed by atoms with E-state index in [4.69, 9.17) is 0 Å². The van der Waals surface area contributed by atoms with Gasteiger partial charge in [-0.2, -0.15) is 13.2 Å². The van der Waals surface area contributed by atoms with Crippen molar-refractivity contribution in [2.24, 2.45) is 0 Å². The van der Waals surface area contributed by atoms with Gasteiger partial charge in [-0.3, -0.25) is 20.4 Å². The van der Waals surface area contributed by atoms with Crippen molar-refractivity contribution in [2.75, 3.05) is 0 Å². The summed E-state index contributed by atoms with van der Waals surface area (Å²) < 4.78 is 37.5. The normalized spacial score (nSPS) is 11.1. The molecule has 2 aromatic rings. The predicted molar refractivity (Wildman–Crippen MR) is 69.7 cm³/mol. The van der Waals surface area contributed by atoms with Gasteiger partial charge in [0.05, 0.1) is 11.3 Å². The molecule has 6 nitrogen and oxygen atoms in total. The Morgan fingerprint density at radius 3 is 2.36 bits per heavy atom. The van der Waals surface area contributed by atoms with E-state index in [1.807, 2.05) is 0 Å². The van der Waals surface area contributed by atoms with Crippen LogP contribution in [0.3, 0.4) is 0 Å². The summed E-state index contributed by atoms with van der Waals surface area (Å²) in [4.78, 5) is 29.4. The molecule has 0 aromatic carbocycles. The molecule has 0 saturated carbocycles. The number of alkyl halides is 3. The number of pyridine rings is 1. The maximum atomic E-state index is 12.5. The van der Waals surface area contributed by atoms with E-state index in [0.717, 1.165) is 6.07 Å². The average molecular weight is 312 g/mol. The fourth-order valence-electron chi connectivity index (χ4n) is 1.68. The molecular formula is C13H11F3N4O2. The van der Waals surface area contributed by atoms with Gasteiger partial charge in [0.15, 0.2) is 0 Å². The van der Waals surface area contributed by atoms with Crippen LogP contribution in [0.1, 0.15) is 32.2 Å². The smallest absolute Gasteiger partial charge is 0.357 e. The number of nitrogens with one attached hydrogen (secondary N) is 3. The number of H-pyrrole nitrogens is 1. The molecule has 0 aliphatic rings. The number of carbonyl (C=O) groups excluding carboxylic acids is 2. The molecule has 2 amide bonds. The quantitative estimate of drug-likeness (QED) is 0.739. The minimum Gasteiger partial charge on any atom is -0.357 e. The Morgan fingerprint density at radius 1 is 1.14 bits per heavy atom. The van der Waals surface area contributed by atoms with Crippen molar-refractivity contribution in [3.63, 3.8) is 0 Å². The number of amides is 2. The number of rotatable bonds is 2. The lowest BCUT2D eigenvalue weighted by Gasteiger charge is -2.10. The molecule has 2 aromatic heterocycles. The van der Waals surface area contributed by atoms with Gasteiger partial charge in [-0.05, 0) is 31.2 Å². The summed E-state index contributed by atoms with van der Waals surface area (Å²) in [5.41, 5.74) is 3.21. The van der Waals surface area contributed by atoms with Crippen molar-refractivity contribution in [2.45, 2.75) is 13.1 Å². The zero-order chi connectivity index (χ0) is 16.3. The summed E-state index contributed by atoms with van der Waals surface area (Å²) in [6.07, 6.45) is -3.05. The number of aryl methyl sites for hydroxylation is 1. The van der Waals surface area contributed by atoms with Crippen molar-refractivity contribution in [1.82, 2.24) is 20.8 Å². The van der Waals surface area contributed by atoms with Crippen LogP contribution in [0.2, 0.25) is 0 Å². The molecule has 0 unspecified atom stereocenters. The van der Waals surface area contributed by atoms with E-state index in [-0.39, 0.29) is 17.0 Å². The Bertz CT molecular complexity index is 696. The maximum Gasteiger partial charge on any atom is 0.433 e. The van der Waals surface area contributed by atoms with Gasteiger partial charge < -0.3 is 4.98 Å². The van der Waals surface area contributed by atoms with Gasteiger partial charge in [-0.15, -0.1) is 0 Å². The highest BCUT2D eigenvalue weighted by Gasteiger charge is 2.33. The fourth-order valence-corrected chi connectivity index (χ4v) is 1.68. The van der Waals surface area contributed by atoms with Gasteiger partial charge in [-0.1, -0.05) is 0 Å². The number of aromatic amines is 1. The molecule has 2 heterocycles. The van der Waals surface area contributed by atoms with Crippen LogP contribution in [0.15, 0.2) is 30.5 Å². The van der Waals surface area contributed by atoms with E-state index >= 15 is 0 Å². The first-order valence-electron chi connectivity index (χ1n) is 6.08. The molecule has 22 heavy (non-hydrogen) atoms. The van der Waals surface area contributed by atoms with Gasteiger partial charge in [-0.25, -0.2) is 4.98 Å². The SMILES string of the molecule is Cc1nc(C(F)(F)F)ccc1C(=O)NNC(=O)c1ccc[nH]1. The Labute approximate surface area is 122 Å². The van der Waals surface area contributed by atoms with Crippen LogP contribution in [0.5, 0.6) is 0 Å². The van der Waals surface area contributed by atoms with E-state index in [0.29, 0.717) is 6.07 Å². The monoisotopic (exact) mass is 312 g/mol. The topological polar surface area (TPSA) is 86.9 Å². The Kier molecular flexibility index (Phi) is 4.15. The van der Waals surface area contributed by atoms with E-state index in [1.165, 1.54) is 19.2 Å². The lowest BCUT2D eigenvalue weighted by molar-refractivity contribution is -0.141. The van der Waals surface area contributed by atoms with Crippen LogP contribution in [0.4, 0.5) is 13.2 Å². The van der Waals surface area contributed by atoms with E-state index in [2.05, 4.69) is 20.8 Å². The predicted octanol–water partition coefficient (Wildman–Crippen LogP) is 1.81. The largest absolute Gasteiger partial charge is 0.433 e. The molecule has 116 valence electrons. The van der Waals surface area contributed by atoms with E-state index in [9.17, 15) is 22.8 Å². The van der Waals surface area contributed by atoms with E-state index < -0.39 is 23.7 Å². The zero-order valence-electron chi connectivity index (χ0n) is 11.3. The van der Waals surface area contributed by atoms with Gasteiger partial charge in [0.2, 0.25) is 0 Å². The Balaban J connectivity index is 2.05. The minimum atomic E-state index is -4.58. The number of aromatic nitrogens is 2. The van der Waals surface area contributed by atoms with Crippen molar-refractivity contribution in [1.29, 1.82) is 0 Å². The summed E-state index contributed by atoms with van der Waals surface area (Å²) >= 11 is 0. The number of hydrazine groups is 1. The Morgan fingerprint density at radius 2 is 1.82 bits per heavy atom. The minimum absolute atomic E-state index is 0.0696. The summed E-state index contributed by atoms with van der Waals surface area (Å²) in [6, 6.07) is 4.79. The summed E-state index contributed by atoms with van der Waals surface area (Å²) in [6.45, 7) is 1.27. The molecule has 0 bridgehead atoms. The standard InChI is InChI=1S/C13H11F3N4O2/c1-7-8(4-5-10(18-7)13(14,15)16)11(21)19-20-12(22)9-3-2-6-17-9/h2-6,17H,1H3,(H,19,21)(H,20,22). The number of carbonyl (C=O) groups is 2. The molecule has 0 radical (unpaired) electrons. The third-order valence-electron chi connectivity index (χ3n) is 2.75. The third-order valence-corrected chi connectivity index (χ3v) is 2.75. The van der Waals surface area contributed by atoms with Gasteiger partial charge in [0.1, 0.15) is 11.4 Å². The third kappa shape index (κ3) is 3.43. The summed E-state index contributed by atoms with van der Waals surface area (Å²) in [7, 11) is 0. The first-order chi connectivity index (χ1) is 10.3. The maximum absolute atomic E-state index is 12.5. The highest BCUT2D eigenvalue weighted by Crippen LogP contribution is 2.28. The van der Waals surface area contributed by atoms with Crippen molar-refractivity contribution in [3.05, 3.63) is 53.1 Å². The molecule has 0 atom stereocenters. The number of halogens is 3. The summed E-state index contributed by atoms with van der Waals surface area (Å²) in [5.74, 6) is -1.35. The molecule has 3 N–H and O–H groups in total. The highest BCUT2D eigenvalue weighted by molar-refractivity contribution is 5.98. The molecule has 9 heteroatoms. The molecular weight excluding hydrogens is 301 g/mol. The van der Waals surface area contributed by atoms with Crippen molar-refractivity contribution < 1.29 is 22.8 Å². The molecule has 0 aliphatic carbocycles. The van der Waals surface area contributed by atoms with Crippen LogP contribution in [0, 0.1) is 6.92 Å². The second-order valence-corrected chi connectivity index (χ2v) is 4.32. The van der Waals surface area contributed by atoms with Gasteiger partial charge in [0.25, 0.3) is 11.8 Å². The highest BCUT2D eigenvalue weighted by atomic mass is 19.4. The van der Waals surface area contributed by atoms with Crippen molar-refractivity contribution >= 4 is 11.8 Å². The second kappa shape index (κ2) is 5.88. The van der Waals surface area contributed by atoms with Crippen LogP contribution in [-0.2, 0) is 6.18 Å². The van der Waals surface area contributed by atoms with Gasteiger partial charge in [0, 0.05) is 6.20 Å². The second-order valence-electron chi connectivity index (χ2n) is 4.32. The van der Waals surface area contributed by atoms with Crippen LogP contribution in [0.25, 0.3) is 0 Å². The molecule has 2 rings (SSSR count). The fraction of sp³-hybridized carbons (Fsp3) is 0.154. The van der Waals surface area contributed by atoms with Crippen LogP contribution >= 0.6 is 0 Å². The molecule has 0 fully saturated rings. The summed E-state index contributed by atoms with van der Waals surface area (Å²) in [5, 5.41) is 0. The number of hydrogen-bond acceptors (Lipinski definition) is 3.